The predicted molar refractivity (Wildman–Crippen MR) is 88.0 cm³/mol. The molecule has 1 N–H and O–H groups in total. The third-order valence-electron chi connectivity index (χ3n) is 3.72. The van der Waals surface area contributed by atoms with Crippen molar-refractivity contribution in [3.8, 4) is 22.8 Å². The topological polar surface area (TPSA) is 71.8 Å². The Bertz CT molecular complexity index is 1060. The van der Waals surface area contributed by atoms with Crippen LogP contribution in [-0.2, 0) is 0 Å². The highest BCUT2D eigenvalue weighted by molar-refractivity contribution is 5.82. The van der Waals surface area contributed by atoms with Gasteiger partial charge in [-0.3, -0.25) is 4.79 Å². The summed E-state index contributed by atoms with van der Waals surface area (Å²) in [6.45, 7) is 2.00. The Morgan fingerprint density at radius 2 is 1.96 bits per heavy atom. The first-order valence-electron chi connectivity index (χ1n) is 7.24. The lowest BCUT2D eigenvalue weighted by molar-refractivity contribution is 0.432. The molecular weight excluding hydrogens is 290 g/mol. The van der Waals surface area contributed by atoms with Gasteiger partial charge in [0, 0.05) is 22.7 Å². The lowest BCUT2D eigenvalue weighted by Gasteiger charge is -1.99. The Hall–Kier alpha value is -3.21. The van der Waals surface area contributed by atoms with Crippen molar-refractivity contribution >= 4 is 10.9 Å². The van der Waals surface area contributed by atoms with Gasteiger partial charge in [-0.15, -0.1) is 0 Å². The van der Waals surface area contributed by atoms with E-state index in [1.807, 2.05) is 49.4 Å². The van der Waals surface area contributed by atoms with Gasteiger partial charge in [-0.2, -0.15) is 4.98 Å². The summed E-state index contributed by atoms with van der Waals surface area (Å²) in [4.78, 5) is 20.0. The first kappa shape index (κ1) is 13.5. The number of para-hydroxylation sites is 1. The largest absolute Gasteiger partial charge is 0.360 e. The van der Waals surface area contributed by atoms with Crippen molar-refractivity contribution in [3.05, 3.63) is 70.5 Å². The molecule has 5 nitrogen and oxygen atoms in total. The molecule has 2 heterocycles. The Kier molecular flexibility index (Phi) is 3.05. The van der Waals surface area contributed by atoms with E-state index >= 15 is 0 Å². The number of rotatable bonds is 2. The summed E-state index contributed by atoms with van der Waals surface area (Å²) in [5.74, 6) is 0.685. The van der Waals surface area contributed by atoms with E-state index in [0.717, 1.165) is 16.6 Å². The zero-order valence-electron chi connectivity index (χ0n) is 12.4. The van der Waals surface area contributed by atoms with Gasteiger partial charge in [0.05, 0.1) is 0 Å². The van der Waals surface area contributed by atoms with Crippen LogP contribution < -0.4 is 5.43 Å². The summed E-state index contributed by atoms with van der Waals surface area (Å²) in [6, 6.07) is 15.1. The van der Waals surface area contributed by atoms with Crippen LogP contribution in [-0.4, -0.2) is 15.1 Å². The van der Waals surface area contributed by atoms with Crippen molar-refractivity contribution in [2.75, 3.05) is 0 Å². The number of aromatic nitrogens is 3. The van der Waals surface area contributed by atoms with Gasteiger partial charge in [0.15, 0.2) is 0 Å². The van der Waals surface area contributed by atoms with Gasteiger partial charge in [-0.05, 0) is 25.1 Å². The Morgan fingerprint density at radius 3 is 2.83 bits per heavy atom. The summed E-state index contributed by atoms with van der Waals surface area (Å²) < 4.78 is 5.29. The number of hydrogen-bond donors (Lipinski definition) is 1. The molecule has 0 spiro atoms. The summed E-state index contributed by atoms with van der Waals surface area (Å²) in [5, 5.41) is 4.58. The van der Waals surface area contributed by atoms with Gasteiger partial charge in [-0.25, -0.2) is 0 Å². The Morgan fingerprint density at radius 1 is 1.09 bits per heavy atom. The summed E-state index contributed by atoms with van der Waals surface area (Å²) >= 11 is 0. The molecule has 23 heavy (non-hydrogen) atoms. The number of benzene rings is 2. The molecule has 0 radical (unpaired) electrons. The maximum absolute atomic E-state index is 12.6. The average Bonchev–Trinajstić information content (AvgIpc) is 3.05. The molecule has 0 atom stereocenters. The standard InChI is InChI=1S/C18H13N3O2/c1-11-5-4-6-12(9-11)17-20-18(23-21-17)14-10-19-15-8-3-2-7-13(15)16(14)22/h2-10H,1H3,(H,19,22). The molecule has 0 saturated carbocycles. The Balaban J connectivity index is 1.83. The van der Waals surface area contributed by atoms with Gasteiger partial charge < -0.3 is 9.51 Å². The molecule has 0 aliphatic rings. The normalized spacial score (nSPS) is 11.0. The number of nitrogens with zero attached hydrogens (tertiary/aromatic N) is 2. The second kappa shape index (κ2) is 5.21. The maximum atomic E-state index is 12.6. The molecule has 4 rings (SSSR count). The number of nitrogens with one attached hydrogen (secondary N) is 1. The van der Waals surface area contributed by atoms with Crippen molar-refractivity contribution in [2.24, 2.45) is 0 Å². The highest BCUT2D eigenvalue weighted by Gasteiger charge is 2.15. The summed E-state index contributed by atoms with van der Waals surface area (Å²) in [7, 11) is 0. The zero-order chi connectivity index (χ0) is 15.8. The number of fused-ring (bicyclic) bond motifs is 1. The fourth-order valence-electron chi connectivity index (χ4n) is 2.56. The van der Waals surface area contributed by atoms with E-state index in [-0.39, 0.29) is 11.3 Å². The van der Waals surface area contributed by atoms with Crippen LogP contribution in [0, 0.1) is 6.92 Å². The van der Waals surface area contributed by atoms with Crippen molar-refractivity contribution in [3.63, 3.8) is 0 Å². The quantitative estimate of drug-likeness (QED) is 0.614. The SMILES string of the molecule is Cc1cccc(-c2noc(-c3c[nH]c4ccccc4c3=O)n2)c1. The lowest BCUT2D eigenvalue weighted by atomic mass is 10.1. The molecule has 0 fully saturated rings. The fraction of sp³-hybridized carbons (Fsp3) is 0.0556. The van der Waals surface area contributed by atoms with Crippen molar-refractivity contribution in [2.45, 2.75) is 6.92 Å². The molecule has 0 aliphatic heterocycles. The molecule has 0 aliphatic carbocycles. The van der Waals surface area contributed by atoms with Crippen molar-refractivity contribution in [1.82, 2.24) is 15.1 Å². The molecule has 2 aromatic heterocycles. The molecule has 4 aromatic rings. The second-order valence-electron chi connectivity index (χ2n) is 5.37. The van der Waals surface area contributed by atoms with Gasteiger partial charge >= 0.3 is 0 Å². The van der Waals surface area contributed by atoms with Crippen LogP contribution in [0.2, 0.25) is 0 Å². The minimum Gasteiger partial charge on any atom is -0.360 e. The zero-order valence-corrected chi connectivity index (χ0v) is 12.4. The molecule has 0 saturated heterocycles. The highest BCUT2D eigenvalue weighted by Crippen LogP contribution is 2.21. The predicted octanol–water partition coefficient (Wildman–Crippen LogP) is 3.55. The van der Waals surface area contributed by atoms with Crippen molar-refractivity contribution in [1.29, 1.82) is 0 Å². The Labute approximate surface area is 131 Å². The fourth-order valence-corrected chi connectivity index (χ4v) is 2.56. The van der Waals surface area contributed by atoms with Crippen LogP contribution in [0.1, 0.15) is 5.56 Å². The van der Waals surface area contributed by atoms with Gasteiger partial charge in [0.2, 0.25) is 11.3 Å². The molecule has 2 aromatic carbocycles. The molecule has 112 valence electrons. The lowest BCUT2D eigenvalue weighted by Crippen LogP contribution is -2.06. The third-order valence-corrected chi connectivity index (χ3v) is 3.72. The molecule has 5 heteroatoms. The number of pyridine rings is 1. The summed E-state index contributed by atoms with van der Waals surface area (Å²) in [5.41, 5.74) is 2.99. The van der Waals surface area contributed by atoms with Gasteiger partial charge in [0.25, 0.3) is 5.89 Å². The van der Waals surface area contributed by atoms with E-state index in [2.05, 4.69) is 15.1 Å². The van der Waals surface area contributed by atoms with Gasteiger partial charge in [0.1, 0.15) is 5.56 Å². The van der Waals surface area contributed by atoms with Crippen LogP contribution in [0.3, 0.4) is 0 Å². The number of aromatic amines is 1. The van der Waals surface area contributed by atoms with E-state index in [1.54, 1.807) is 12.3 Å². The minimum absolute atomic E-state index is 0.126. The molecule has 0 bridgehead atoms. The van der Waals surface area contributed by atoms with E-state index in [1.165, 1.54) is 0 Å². The third kappa shape index (κ3) is 2.32. The van der Waals surface area contributed by atoms with Gasteiger partial charge in [-0.1, -0.05) is 41.1 Å². The van der Waals surface area contributed by atoms with E-state index in [9.17, 15) is 4.79 Å². The minimum atomic E-state index is -0.126. The number of hydrogen-bond acceptors (Lipinski definition) is 4. The van der Waals surface area contributed by atoms with Crippen molar-refractivity contribution < 1.29 is 4.52 Å². The number of H-pyrrole nitrogens is 1. The maximum Gasteiger partial charge on any atom is 0.263 e. The molecular formula is C18H13N3O2. The second-order valence-corrected chi connectivity index (χ2v) is 5.37. The van der Waals surface area contributed by atoms with E-state index < -0.39 is 0 Å². The monoisotopic (exact) mass is 303 g/mol. The van der Waals surface area contributed by atoms with E-state index in [0.29, 0.717) is 16.8 Å². The summed E-state index contributed by atoms with van der Waals surface area (Å²) in [6.07, 6.45) is 1.61. The molecule has 0 amide bonds. The highest BCUT2D eigenvalue weighted by atomic mass is 16.5. The first-order chi connectivity index (χ1) is 11.2. The van der Waals surface area contributed by atoms with Crippen LogP contribution in [0.15, 0.2) is 64.0 Å². The van der Waals surface area contributed by atoms with Crippen LogP contribution in [0.5, 0.6) is 0 Å². The first-order valence-corrected chi connectivity index (χ1v) is 7.24. The smallest absolute Gasteiger partial charge is 0.263 e. The average molecular weight is 303 g/mol. The van der Waals surface area contributed by atoms with Crippen LogP contribution >= 0.6 is 0 Å². The van der Waals surface area contributed by atoms with Crippen LogP contribution in [0.25, 0.3) is 33.7 Å². The number of aryl methyl sites for hydroxylation is 1. The van der Waals surface area contributed by atoms with E-state index in [4.69, 9.17) is 4.52 Å². The van der Waals surface area contributed by atoms with Crippen LogP contribution in [0.4, 0.5) is 0 Å². The molecule has 0 unspecified atom stereocenters.